The molecule has 2 rings (SSSR count). The van der Waals surface area contributed by atoms with Gasteiger partial charge in [0.1, 0.15) is 16.5 Å². The summed E-state index contributed by atoms with van der Waals surface area (Å²) >= 11 is 1.50. The van der Waals surface area contributed by atoms with E-state index in [2.05, 4.69) is 32.5 Å². The first kappa shape index (κ1) is 13.4. The molecule has 0 fully saturated rings. The van der Waals surface area contributed by atoms with Crippen molar-refractivity contribution in [3.05, 3.63) is 34.7 Å². The smallest absolute Gasteiger partial charge is 0.271 e. The van der Waals surface area contributed by atoms with Crippen molar-refractivity contribution in [3.8, 4) is 0 Å². The molecule has 100 valence electrons. The van der Waals surface area contributed by atoms with Crippen LogP contribution in [0.3, 0.4) is 0 Å². The third-order valence-electron chi connectivity index (χ3n) is 2.32. The van der Waals surface area contributed by atoms with Crippen LogP contribution in [-0.4, -0.2) is 27.4 Å². The van der Waals surface area contributed by atoms with Crippen molar-refractivity contribution in [2.75, 3.05) is 11.9 Å². The highest BCUT2D eigenvalue weighted by molar-refractivity contribution is 7.09. The molecule has 0 unspecified atom stereocenters. The summed E-state index contributed by atoms with van der Waals surface area (Å²) in [5.74, 6) is 0.433. The second kappa shape index (κ2) is 6.79. The molecule has 19 heavy (non-hydrogen) atoms. The van der Waals surface area contributed by atoms with Crippen LogP contribution in [0, 0.1) is 0 Å². The number of rotatable bonds is 6. The van der Waals surface area contributed by atoms with Gasteiger partial charge < -0.3 is 10.6 Å². The second-order valence-corrected chi connectivity index (χ2v) is 4.80. The van der Waals surface area contributed by atoms with Crippen LogP contribution in [0.25, 0.3) is 0 Å². The molecule has 2 aromatic rings. The standard InChI is InChI=1S/C12H15N5OS/c1-2-3-13-10-7-15-9(6-16-10)12(18)17-8-11-14-4-5-19-11/h4-7H,2-3,8H2,1H3,(H,13,16)(H,17,18). The molecule has 2 N–H and O–H groups in total. The molecule has 2 aromatic heterocycles. The lowest BCUT2D eigenvalue weighted by Crippen LogP contribution is -2.24. The van der Waals surface area contributed by atoms with Crippen molar-refractivity contribution in [1.82, 2.24) is 20.3 Å². The summed E-state index contributed by atoms with van der Waals surface area (Å²) in [4.78, 5) is 24.1. The number of aromatic nitrogens is 3. The summed E-state index contributed by atoms with van der Waals surface area (Å²) in [6.45, 7) is 3.32. The largest absolute Gasteiger partial charge is 0.369 e. The van der Waals surface area contributed by atoms with Crippen molar-refractivity contribution >= 4 is 23.1 Å². The lowest BCUT2D eigenvalue weighted by molar-refractivity contribution is 0.0945. The molecular formula is C12H15N5OS. The van der Waals surface area contributed by atoms with Gasteiger partial charge in [-0.3, -0.25) is 4.79 Å². The molecule has 0 saturated carbocycles. The van der Waals surface area contributed by atoms with Crippen LogP contribution in [0.1, 0.15) is 28.8 Å². The Kier molecular flexibility index (Phi) is 4.79. The van der Waals surface area contributed by atoms with Crippen molar-refractivity contribution in [2.24, 2.45) is 0 Å². The zero-order chi connectivity index (χ0) is 13.5. The minimum absolute atomic E-state index is 0.246. The predicted octanol–water partition coefficient (Wildman–Crippen LogP) is 1.68. The third kappa shape index (κ3) is 3.99. The Labute approximate surface area is 115 Å². The summed E-state index contributed by atoms with van der Waals surface area (Å²) < 4.78 is 0. The maximum absolute atomic E-state index is 11.8. The summed E-state index contributed by atoms with van der Waals surface area (Å²) in [6, 6.07) is 0. The summed E-state index contributed by atoms with van der Waals surface area (Å²) in [5.41, 5.74) is 0.304. The topological polar surface area (TPSA) is 79.8 Å². The molecular weight excluding hydrogens is 262 g/mol. The normalized spacial score (nSPS) is 10.2. The minimum atomic E-state index is -0.246. The molecule has 0 radical (unpaired) electrons. The fourth-order valence-corrected chi connectivity index (χ4v) is 1.93. The number of hydrogen-bond donors (Lipinski definition) is 2. The molecule has 2 heterocycles. The maximum atomic E-state index is 11.8. The van der Waals surface area contributed by atoms with Crippen molar-refractivity contribution in [3.63, 3.8) is 0 Å². The second-order valence-electron chi connectivity index (χ2n) is 3.82. The molecule has 0 spiro atoms. The van der Waals surface area contributed by atoms with Gasteiger partial charge in [0.2, 0.25) is 0 Å². The lowest BCUT2D eigenvalue weighted by atomic mass is 10.4. The van der Waals surface area contributed by atoms with Gasteiger partial charge in [0, 0.05) is 18.1 Å². The van der Waals surface area contributed by atoms with E-state index in [-0.39, 0.29) is 5.91 Å². The summed E-state index contributed by atoms with van der Waals surface area (Å²) in [6.07, 6.45) is 5.75. The van der Waals surface area contributed by atoms with E-state index < -0.39 is 0 Å². The van der Waals surface area contributed by atoms with Gasteiger partial charge in [0.15, 0.2) is 0 Å². The predicted molar refractivity (Wildman–Crippen MR) is 74.1 cm³/mol. The Morgan fingerprint density at radius 1 is 1.32 bits per heavy atom. The average Bonchev–Trinajstić information content (AvgIpc) is 2.96. The van der Waals surface area contributed by atoms with E-state index in [0.717, 1.165) is 18.0 Å². The zero-order valence-corrected chi connectivity index (χ0v) is 11.4. The number of carbonyl (C=O) groups excluding carboxylic acids is 1. The molecule has 0 aliphatic carbocycles. The molecule has 0 atom stereocenters. The average molecular weight is 277 g/mol. The lowest BCUT2D eigenvalue weighted by Gasteiger charge is -2.05. The molecule has 0 bridgehead atoms. The summed E-state index contributed by atoms with van der Waals surface area (Å²) in [7, 11) is 0. The van der Waals surface area contributed by atoms with Gasteiger partial charge in [-0.05, 0) is 6.42 Å². The number of nitrogens with zero attached hydrogens (tertiary/aromatic N) is 3. The van der Waals surface area contributed by atoms with Gasteiger partial charge in [-0.15, -0.1) is 11.3 Å². The fourth-order valence-electron chi connectivity index (χ4n) is 1.38. The SMILES string of the molecule is CCCNc1cnc(C(=O)NCc2nccs2)cn1. The highest BCUT2D eigenvalue weighted by Crippen LogP contribution is 2.04. The number of nitrogens with one attached hydrogen (secondary N) is 2. The van der Waals surface area contributed by atoms with Gasteiger partial charge in [-0.1, -0.05) is 6.92 Å². The van der Waals surface area contributed by atoms with Gasteiger partial charge in [-0.25, -0.2) is 15.0 Å². The van der Waals surface area contributed by atoms with E-state index in [9.17, 15) is 4.79 Å². The highest BCUT2D eigenvalue weighted by atomic mass is 32.1. The first-order valence-corrected chi connectivity index (χ1v) is 6.90. The van der Waals surface area contributed by atoms with Crippen molar-refractivity contribution < 1.29 is 4.79 Å². The Balaban J connectivity index is 1.88. The van der Waals surface area contributed by atoms with Crippen LogP contribution in [0.5, 0.6) is 0 Å². The molecule has 0 aliphatic heterocycles. The summed E-state index contributed by atoms with van der Waals surface area (Å²) in [5, 5.41) is 8.59. The molecule has 1 amide bonds. The molecule has 7 heteroatoms. The van der Waals surface area contributed by atoms with Crippen LogP contribution in [0.2, 0.25) is 0 Å². The van der Waals surface area contributed by atoms with E-state index in [0.29, 0.717) is 18.1 Å². The van der Waals surface area contributed by atoms with E-state index in [1.165, 1.54) is 17.5 Å². The number of carbonyl (C=O) groups is 1. The molecule has 0 saturated heterocycles. The molecule has 6 nitrogen and oxygen atoms in total. The monoisotopic (exact) mass is 277 g/mol. The van der Waals surface area contributed by atoms with E-state index in [1.54, 1.807) is 12.4 Å². The minimum Gasteiger partial charge on any atom is -0.369 e. The van der Waals surface area contributed by atoms with Crippen LogP contribution in [-0.2, 0) is 6.54 Å². The highest BCUT2D eigenvalue weighted by Gasteiger charge is 2.08. The third-order valence-corrected chi connectivity index (χ3v) is 3.10. The van der Waals surface area contributed by atoms with E-state index in [4.69, 9.17) is 0 Å². The maximum Gasteiger partial charge on any atom is 0.271 e. The quantitative estimate of drug-likeness (QED) is 0.840. The van der Waals surface area contributed by atoms with Crippen LogP contribution in [0.4, 0.5) is 5.82 Å². The number of anilines is 1. The van der Waals surface area contributed by atoms with Gasteiger partial charge in [-0.2, -0.15) is 0 Å². The zero-order valence-electron chi connectivity index (χ0n) is 10.6. The van der Waals surface area contributed by atoms with E-state index in [1.807, 2.05) is 5.38 Å². The van der Waals surface area contributed by atoms with Crippen molar-refractivity contribution in [2.45, 2.75) is 19.9 Å². The Hall–Kier alpha value is -2.02. The van der Waals surface area contributed by atoms with Crippen LogP contribution < -0.4 is 10.6 Å². The first-order chi connectivity index (χ1) is 9.29. The number of amides is 1. The van der Waals surface area contributed by atoms with E-state index >= 15 is 0 Å². The fraction of sp³-hybridized carbons (Fsp3) is 0.333. The van der Waals surface area contributed by atoms with Gasteiger partial charge in [0.25, 0.3) is 5.91 Å². The first-order valence-electron chi connectivity index (χ1n) is 6.02. The van der Waals surface area contributed by atoms with Gasteiger partial charge >= 0.3 is 0 Å². The number of thiazole rings is 1. The van der Waals surface area contributed by atoms with Crippen molar-refractivity contribution in [1.29, 1.82) is 0 Å². The molecule has 0 aromatic carbocycles. The van der Waals surface area contributed by atoms with Crippen LogP contribution in [0.15, 0.2) is 24.0 Å². The van der Waals surface area contributed by atoms with Gasteiger partial charge in [0.05, 0.1) is 18.9 Å². The Bertz CT molecular complexity index is 511. The Morgan fingerprint density at radius 3 is 2.84 bits per heavy atom. The van der Waals surface area contributed by atoms with Crippen LogP contribution >= 0.6 is 11.3 Å². The Morgan fingerprint density at radius 2 is 2.21 bits per heavy atom. The number of hydrogen-bond acceptors (Lipinski definition) is 6. The molecule has 0 aliphatic rings.